The number of aliphatic hydroxyl groups is 1. The predicted octanol–water partition coefficient (Wildman–Crippen LogP) is 5.95. The number of fused-ring (bicyclic) bond motifs is 3. The maximum Gasteiger partial charge on any atom is 0.295 e. The van der Waals surface area contributed by atoms with Crippen LogP contribution in [0.2, 0.25) is 0 Å². The van der Waals surface area contributed by atoms with Crippen LogP contribution in [0.25, 0.3) is 23.1 Å². The van der Waals surface area contributed by atoms with Crippen LogP contribution >= 0.6 is 0 Å². The predicted molar refractivity (Wildman–Crippen MR) is 218 cm³/mol. The Morgan fingerprint density at radius 3 is 2.41 bits per heavy atom. The van der Waals surface area contributed by atoms with Gasteiger partial charge in [0, 0.05) is 52.4 Å². The fourth-order valence-corrected chi connectivity index (χ4v) is 7.40. The quantitative estimate of drug-likeness (QED) is 0.0206. The molecule has 3 aliphatic rings. The van der Waals surface area contributed by atoms with Crippen LogP contribution < -0.4 is 14.4 Å². The van der Waals surface area contributed by atoms with Crippen LogP contribution in [-0.4, -0.2) is 53.8 Å². The van der Waals surface area contributed by atoms with Gasteiger partial charge in [0.15, 0.2) is 18.8 Å². The zero-order valence-corrected chi connectivity index (χ0v) is 31.9. The first-order valence-corrected chi connectivity index (χ1v) is 18.9. The van der Waals surface area contributed by atoms with Gasteiger partial charge in [-0.15, -0.1) is 0 Å². The van der Waals surface area contributed by atoms with E-state index in [0.29, 0.717) is 23.5 Å². The van der Waals surface area contributed by atoms with E-state index in [1.165, 1.54) is 12.5 Å². The number of carbonyl (C=O) groups excluding carboxylic acids is 4. The molecule has 288 valence electrons. The van der Waals surface area contributed by atoms with Crippen molar-refractivity contribution in [2.24, 2.45) is 5.16 Å². The first kappa shape index (κ1) is 37.9. The number of amides is 2. The minimum absolute atomic E-state index is 0.0558. The number of aryl methyl sites for hydroxylation is 3. The number of ether oxygens (including phenoxy) is 1. The van der Waals surface area contributed by atoms with E-state index >= 15 is 0 Å². The standard InChI is InChI=1S/C47H39N4O7/c1-30-11-15-32(16-12-30)28-58-48-29-57-43-27-51(43)37(22-20-34-8-4-6-10-41(34)51)26-39-44(53)38(45(54)46(39)55)25-36-21-19-33-7-3-5-9-40(33)50(36)24-23-42(52)49-47(56)35-17-13-31(2)14-18-35/h3-22,25,29,43-44,53H,23-24,27-28H2,1-2H3/q+1/p+1/b38-25?,48-29+. The number of aromatic nitrogens is 1. The molecule has 1 aliphatic carbocycles. The molecule has 3 heterocycles. The van der Waals surface area contributed by atoms with E-state index in [-0.39, 0.29) is 35.2 Å². The summed E-state index contributed by atoms with van der Waals surface area (Å²) in [5, 5.41) is 19.0. The molecule has 11 heteroatoms. The van der Waals surface area contributed by atoms with Crippen LogP contribution in [0.4, 0.5) is 5.69 Å². The summed E-state index contributed by atoms with van der Waals surface area (Å²) in [4.78, 5) is 58.4. The average Bonchev–Trinajstić information content (AvgIpc) is 3.91. The lowest BCUT2D eigenvalue weighted by Gasteiger charge is -2.23. The molecule has 2 amide bonds. The average molecular weight is 773 g/mol. The lowest BCUT2D eigenvalue weighted by atomic mass is 10.0. The molecular weight excluding hydrogens is 733 g/mol. The highest BCUT2D eigenvalue weighted by Crippen LogP contribution is 2.49. The number of hydrogen-bond donors (Lipinski definition) is 2. The molecule has 11 nitrogen and oxygen atoms in total. The molecule has 8 rings (SSSR count). The monoisotopic (exact) mass is 772 g/mol. The van der Waals surface area contributed by atoms with Gasteiger partial charge >= 0.3 is 0 Å². The Kier molecular flexibility index (Phi) is 10.3. The largest absolute Gasteiger partial charge is 0.423 e. The van der Waals surface area contributed by atoms with E-state index in [9.17, 15) is 24.3 Å². The van der Waals surface area contributed by atoms with Crippen molar-refractivity contribution in [3.8, 4) is 0 Å². The number of imide groups is 1. The van der Waals surface area contributed by atoms with Crippen LogP contribution in [0, 0.1) is 13.8 Å². The summed E-state index contributed by atoms with van der Waals surface area (Å²) in [6.45, 7) is 4.84. The SMILES string of the molecule is Cc1ccc(CO/N=C/OC2C[N+]23C(=C=C2C(=O)C(=O)C(=Cc4ccc5ccccc5[n+]4CCC(=O)NC(=O)c4ccc(C)cc4)C2O)C=Cc2ccccc23)cc1. The molecule has 3 atom stereocenters. The zero-order valence-electron chi connectivity index (χ0n) is 31.9. The Labute approximate surface area is 334 Å². The fourth-order valence-electron chi connectivity index (χ4n) is 7.40. The molecule has 5 aromatic rings. The summed E-state index contributed by atoms with van der Waals surface area (Å²) < 4.78 is 8.04. The summed E-state index contributed by atoms with van der Waals surface area (Å²) >= 11 is 0. The smallest absolute Gasteiger partial charge is 0.295 e. The summed E-state index contributed by atoms with van der Waals surface area (Å²) in [5.74, 6) is -2.69. The normalized spacial score (nSPS) is 20.2. The first-order valence-electron chi connectivity index (χ1n) is 18.9. The maximum atomic E-state index is 13.6. The molecule has 58 heavy (non-hydrogen) atoms. The van der Waals surface area contributed by atoms with Gasteiger partial charge in [-0.25, -0.2) is 4.48 Å². The number of oxime groups is 1. The number of Topliss-reactive ketones (excluding diaryl/α,β-unsaturated/α-hetero) is 2. The number of para-hydroxylation sites is 2. The second kappa shape index (κ2) is 15.8. The highest BCUT2D eigenvalue weighted by molar-refractivity contribution is 6.53. The van der Waals surface area contributed by atoms with Crippen molar-refractivity contribution in [1.29, 1.82) is 0 Å². The highest BCUT2D eigenvalue weighted by atomic mass is 16.6. The highest BCUT2D eigenvalue weighted by Gasteiger charge is 2.64. The molecule has 1 aromatic heterocycles. The topological polar surface area (TPSA) is 135 Å². The molecule has 1 saturated heterocycles. The summed E-state index contributed by atoms with van der Waals surface area (Å²) in [7, 11) is 0. The van der Waals surface area contributed by atoms with E-state index in [4.69, 9.17) is 9.57 Å². The number of benzene rings is 4. The second-order valence-electron chi connectivity index (χ2n) is 14.6. The maximum absolute atomic E-state index is 13.6. The minimum atomic E-state index is -1.57. The van der Waals surface area contributed by atoms with Crippen LogP contribution in [0.1, 0.15) is 44.7 Å². The van der Waals surface area contributed by atoms with Crippen molar-refractivity contribution < 1.29 is 38.4 Å². The molecule has 1 spiro atoms. The third-order valence-corrected chi connectivity index (χ3v) is 10.7. The Morgan fingerprint density at radius 1 is 0.897 bits per heavy atom. The van der Waals surface area contributed by atoms with Gasteiger partial charge in [-0.1, -0.05) is 76.9 Å². The van der Waals surface area contributed by atoms with Crippen molar-refractivity contribution in [2.75, 3.05) is 6.54 Å². The first-order chi connectivity index (χ1) is 28.1. The van der Waals surface area contributed by atoms with Gasteiger partial charge in [-0.05, 0) is 61.5 Å². The van der Waals surface area contributed by atoms with Crippen LogP contribution in [0.3, 0.4) is 0 Å². The van der Waals surface area contributed by atoms with Crippen molar-refractivity contribution >= 4 is 58.5 Å². The van der Waals surface area contributed by atoms with Gasteiger partial charge in [0.05, 0.1) is 12.0 Å². The summed E-state index contributed by atoms with van der Waals surface area (Å²) in [6, 6.07) is 33.8. The summed E-state index contributed by atoms with van der Waals surface area (Å²) in [6.07, 6.45) is 4.43. The van der Waals surface area contributed by atoms with Crippen LogP contribution in [-0.2, 0) is 37.1 Å². The number of ketones is 2. The van der Waals surface area contributed by atoms with Crippen LogP contribution in [0.15, 0.2) is 143 Å². The zero-order chi connectivity index (χ0) is 40.4. The van der Waals surface area contributed by atoms with E-state index in [1.54, 1.807) is 30.3 Å². The molecule has 4 aromatic carbocycles. The van der Waals surface area contributed by atoms with Crippen LogP contribution in [0.5, 0.6) is 0 Å². The van der Waals surface area contributed by atoms with E-state index in [2.05, 4.69) is 16.2 Å². The number of carbonyl (C=O) groups is 4. The molecule has 3 unspecified atom stereocenters. The molecule has 0 bridgehead atoms. The van der Waals surface area contributed by atoms with Crippen molar-refractivity contribution in [3.63, 3.8) is 0 Å². The Morgan fingerprint density at radius 2 is 1.62 bits per heavy atom. The fraction of sp³-hybridized carbons (Fsp3) is 0.170. The number of quaternary nitrogens is 1. The molecule has 2 N–H and O–H groups in total. The molecule has 1 saturated carbocycles. The van der Waals surface area contributed by atoms with E-state index in [1.807, 2.05) is 109 Å². The third kappa shape index (κ3) is 7.45. The van der Waals surface area contributed by atoms with Gasteiger partial charge in [-0.3, -0.25) is 24.5 Å². The number of hydrogen-bond acceptors (Lipinski definition) is 8. The van der Waals surface area contributed by atoms with Gasteiger partial charge < -0.3 is 14.7 Å². The van der Waals surface area contributed by atoms with Gasteiger partial charge in [0.2, 0.25) is 35.1 Å². The molecular formula is C47H40N4O7+2. The number of aliphatic hydroxyl groups excluding tert-OH is 1. The minimum Gasteiger partial charge on any atom is -0.423 e. The number of nitrogens with zero attached hydrogens (tertiary/aromatic N) is 3. The Hall–Kier alpha value is -7.04. The van der Waals surface area contributed by atoms with Gasteiger partial charge in [-0.2, -0.15) is 4.57 Å². The molecule has 2 fully saturated rings. The van der Waals surface area contributed by atoms with Gasteiger partial charge in [0.25, 0.3) is 12.1 Å². The van der Waals surface area contributed by atoms with E-state index < -0.39 is 35.7 Å². The van der Waals surface area contributed by atoms with Crippen molar-refractivity contribution in [3.05, 3.63) is 171 Å². The van der Waals surface area contributed by atoms with Crippen molar-refractivity contribution in [2.45, 2.75) is 45.8 Å². The third-order valence-electron chi connectivity index (χ3n) is 10.7. The number of pyridine rings is 1. The Balaban J connectivity index is 1.06. The summed E-state index contributed by atoms with van der Waals surface area (Å²) in [5.41, 5.74) is 10.0. The number of rotatable bonds is 10. The number of nitrogens with one attached hydrogen (secondary N) is 1. The van der Waals surface area contributed by atoms with Gasteiger partial charge in [0.1, 0.15) is 18.4 Å². The lowest BCUT2D eigenvalue weighted by molar-refractivity contribution is -0.671. The Bertz CT molecular complexity index is 2650. The van der Waals surface area contributed by atoms with E-state index in [0.717, 1.165) is 38.8 Å². The lowest BCUT2D eigenvalue weighted by Crippen LogP contribution is -2.41. The second-order valence-corrected chi connectivity index (χ2v) is 14.6. The van der Waals surface area contributed by atoms with Crippen molar-refractivity contribution in [1.82, 2.24) is 9.80 Å². The molecule has 2 aliphatic heterocycles. The molecule has 0 radical (unpaired) electrons.